The van der Waals surface area contributed by atoms with Crippen LogP contribution in [0.3, 0.4) is 0 Å². The molecular weight excluding hydrogens is 340 g/mol. The Morgan fingerprint density at radius 3 is 2.58 bits per heavy atom. The van der Waals surface area contributed by atoms with Crippen molar-refractivity contribution in [1.29, 1.82) is 0 Å². The number of phenols is 1. The van der Waals surface area contributed by atoms with Crippen molar-refractivity contribution < 1.29 is 29.0 Å². The number of esters is 1. The lowest BCUT2D eigenvalue weighted by Crippen LogP contribution is -2.53. The van der Waals surface area contributed by atoms with Crippen molar-refractivity contribution in [2.45, 2.75) is 25.4 Å². The Kier molecular flexibility index (Phi) is 4.39. The molecule has 8 nitrogen and oxygen atoms in total. The number of nitrogens with one attached hydrogen (secondary N) is 1. The second kappa shape index (κ2) is 6.28. The number of fused-ring (bicyclic) bond motifs is 1. The normalized spacial score (nSPS) is 30.5. The molecule has 2 N–H and O–H groups in total. The van der Waals surface area contributed by atoms with E-state index >= 15 is 0 Å². The molecule has 1 aromatic rings. The first kappa shape index (κ1) is 18.2. The smallest absolute Gasteiger partial charge is 0.326 e. The number of rotatable bonds is 4. The van der Waals surface area contributed by atoms with Crippen LogP contribution < -0.4 is 10.1 Å². The van der Waals surface area contributed by atoms with Crippen LogP contribution in [-0.2, 0) is 19.1 Å². The summed E-state index contributed by atoms with van der Waals surface area (Å²) in [6.07, 6.45) is 0. The van der Waals surface area contributed by atoms with Gasteiger partial charge in [0.25, 0.3) is 0 Å². The first-order valence-corrected chi connectivity index (χ1v) is 8.38. The third-order valence-electron chi connectivity index (χ3n) is 5.37. The van der Waals surface area contributed by atoms with E-state index in [1.54, 1.807) is 26.0 Å². The standard InChI is InChI=1S/C18H22N2O6/c1-5-20-15(22)12-13(16(20)23)18(2,17(24)26-4)19-14(12)9-6-7-10(21)11(8-9)25-3/h6-8,12-14,19,21H,5H2,1-4H3/t12-,13-,14+,18+/m0/s1. The monoisotopic (exact) mass is 362 g/mol. The number of amides is 2. The molecule has 2 saturated heterocycles. The molecule has 0 spiro atoms. The SMILES string of the molecule is CCN1C(=O)[C@@H]2[C@@H](c3ccc(O)c(OC)c3)N[C@@](C)(C(=O)OC)[C@@H]2C1=O. The molecule has 0 unspecified atom stereocenters. The van der Waals surface area contributed by atoms with Crippen LogP contribution in [0, 0.1) is 11.8 Å². The molecule has 3 rings (SSSR count). The fraction of sp³-hybridized carbons (Fsp3) is 0.500. The van der Waals surface area contributed by atoms with Gasteiger partial charge in [-0.15, -0.1) is 0 Å². The lowest BCUT2D eigenvalue weighted by atomic mass is 9.80. The van der Waals surface area contributed by atoms with Gasteiger partial charge in [-0.2, -0.15) is 0 Å². The number of nitrogens with zero attached hydrogens (tertiary/aromatic N) is 1. The van der Waals surface area contributed by atoms with Gasteiger partial charge in [0, 0.05) is 12.6 Å². The summed E-state index contributed by atoms with van der Waals surface area (Å²) in [5.74, 6) is -2.68. The van der Waals surface area contributed by atoms with E-state index < -0.39 is 29.4 Å². The van der Waals surface area contributed by atoms with E-state index in [0.717, 1.165) is 0 Å². The molecule has 1 aromatic carbocycles. The Morgan fingerprint density at radius 2 is 2.00 bits per heavy atom. The highest BCUT2D eigenvalue weighted by Crippen LogP contribution is 2.49. The second-order valence-corrected chi connectivity index (χ2v) is 6.67. The average Bonchev–Trinajstić information content (AvgIpc) is 3.09. The Labute approximate surface area is 151 Å². The number of likely N-dealkylation sites (tertiary alicyclic amines) is 1. The summed E-state index contributed by atoms with van der Waals surface area (Å²) < 4.78 is 10.0. The van der Waals surface area contributed by atoms with Crippen LogP contribution in [0.4, 0.5) is 0 Å². The number of hydrogen-bond donors (Lipinski definition) is 2. The number of methoxy groups -OCH3 is 2. The Hall–Kier alpha value is -2.61. The largest absolute Gasteiger partial charge is 0.504 e. The molecule has 140 valence electrons. The highest BCUT2D eigenvalue weighted by Gasteiger charge is 2.66. The molecule has 0 radical (unpaired) electrons. The van der Waals surface area contributed by atoms with Gasteiger partial charge in [0.2, 0.25) is 11.8 Å². The van der Waals surface area contributed by atoms with E-state index in [1.165, 1.54) is 25.2 Å². The fourth-order valence-corrected chi connectivity index (χ4v) is 4.08. The fourth-order valence-electron chi connectivity index (χ4n) is 4.08. The van der Waals surface area contributed by atoms with E-state index in [2.05, 4.69) is 5.32 Å². The molecule has 2 heterocycles. The zero-order valence-electron chi connectivity index (χ0n) is 15.1. The first-order chi connectivity index (χ1) is 12.3. The van der Waals surface area contributed by atoms with Gasteiger partial charge in [0.1, 0.15) is 5.54 Å². The number of carbonyl (C=O) groups excluding carboxylic acids is 3. The van der Waals surface area contributed by atoms with Crippen LogP contribution in [0.5, 0.6) is 11.5 Å². The Balaban J connectivity index is 2.11. The molecule has 0 bridgehead atoms. The van der Waals surface area contributed by atoms with E-state index in [9.17, 15) is 19.5 Å². The van der Waals surface area contributed by atoms with Crippen LogP contribution in [0.25, 0.3) is 0 Å². The van der Waals surface area contributed by atoms with E-state index in [-0.39, 0.29) is 29.9 Å². The van der Waals surface area contributed by atoms with Gasteiger partial charge in [-0.1, -0.05) is 6.07 Å². The van der Waals surface area contributed by atoms with E-state index in [0.29, 0.717) is 5.56 Å². The van der Waals surface area contributed by atoms with Gasteiger partial charge in [-0.05, 0) is 31.5 Å². The molecule has 2 fully saturated rings. The minimum Gasteiger partial charge on any atom is -0.504 e. The molecule has 2 aliphatic heterocycles. The average molecular weight is 362 g/mol. The topological polar surface area (TPSA) is 105 Å². The van der Waals surface area contributed by atoms with Crippen LogP contribution in [0.15, 0.2) is 18.2 Å². The summed E-state index contributed by atoms with van der Waals surface area (Å²) in [4.78, 5) is 39.3. The third kappa shape index (κ3) is 2.36. The zero-order valence-corrected chi connectivity index (χ0v) is 15.1. The van der Waals surface area contributed by atoms with Gasteiger partial charge in [-0.3, -0.25) is 24.6 Å². The predicted octanol–water partition coefficient (Wildman–Crippen LogP) is 0.598. The minimum absolute atomic E-state index is 0.0365. The number of phenolic OH excluding ortho intramolecular Hbond substituents is 1. The summed E-state index contributed by atoms with van der Waals surface area (Å²) in [5.41, 5.74) is -0.687. The van der Waals surface area contributed by atoms with Gasteiger partial charge in [0.15, 0.2) is 11.5 Å². The molecule has 2 aliphatic rings. The minimum atomic E-state index is -1.33. The molecule has 0 aliphatic carbocycles. The molecule has 8 heteroatoms. The molecule has 4 atom stereocenters. The van der Waals surface area contributed by atoms with Gasteiger partial charge in [0.05, 0.1) is 26.1 Å². The van der Waals surface area contributed by atoms with Crippen LogP contribution in [-0.4, -0.2) is 54.1 Å². The first-order valence-electron chi connectivity index (χ1n) is 8.38. The summed E-state index contributed by atoms with van der Waals surface area (Å²) >= 11 is 0. The van der Waals surface area contributed by atoms with Crippen molar-refractivity contribution >= 4 is 17.8 Å². The number of imide groups is 1. The maximum absolute atomic E-state index is 12.9. The van der Waals surface area contributed by atoms with Crippen molar-refractivity contribution in [2.24, 2.45) is 11.8 Å². The molecule has 26 heavy (non-hydrogen) atoms. The van der Waals surface area contributed by atoms with Crippen LogP contribution in [0.1, 0.15) is 25.5 Å². The van der Waals surface area contributed by atoms with Crippen LogP contribution >= 0.6 is 0 Å². The highest BCUT2D eigenvalue weighted by molar-refractivity contribution is 6.09. The quantitative estimate of drug-likeness (QED) is 0.597. The lowest BCUT2D eigenvalue weighted by Gasteiger charge is -2.28. The Morgan fingerprint density at radius 1 is 1.31 bits per heavy atom. The molecule has 0 saturated carbocycles. The maximum atomic E-state index is 12.9. The van der Waals surface area contributed by atoms with Gasteiger partial charge in [-0.25, -0.2) is 0 Å². The molecule has 2 amide bonds. The predicted molar refractivity (Wildman–Crippen MR) is 90.3 cm³/mol. The second-order valence-electron chi connectivity index (χ2n) is 6.67. The lowest BCUT2D eigenvalue weighted by molar-refractivity contribution is -0.153. The number of hydrogen-bond acceptors (Lipinski definition) is 7. The van der Waals surface area contributed by atoms with Crippen molar-refractivity contribution in [3.63, 3.8) is 0 Å². The molecule has 0 aromatic heterocycles. The van der Waals surface area contributed by atoms with E-state index in [1.807, 2.05) is 0 Å². The maximum Gasteiger partial charge on any atom is 0.326 e. The van der Waals surface area contributed by atoms with Crippen molar-refractivity contribution in [1.82, 2.24) is 10.2 Å². The van der Waals surface area contributed by atoms with E-state index in [4.69, 9.17) is 9.47 Å². The van der Waals surface area contributed by atoms with Crippen molar-refractivity contribution in [3.05, 3.63) is 23.8 Å². The summed E-state index contributed by atoms with van der Waals surface area (Å²) in [6, 6.07) is 4.10. The van der Waals surface area contributed by atoms with Crippen molar-refractivity contribution in [2.75, 3.05) is 20.8 Å². The summed E-state index contributed by atoms with van der Waals surface area (Å²) in [6.45, 7) is 3.55. The summed E-state index contributed by atoms with van der Waals surface area (Å²) in [7, 11) is 2.67. The summed E-state index contributed by atoms with van der Waals surface area (Å²) in [5, 5.41) is 13.0. The zero-order chi connectivity index (χ0) is 19.2. The Bertz CT molecular complexity index is 779. The highest BCUT2D eigenvalue weighted by atomic mass is 16.5. The van der Waals surface area contributed by atoms with Gasteiger partial charge < -0.3 is 14.6 Å². The van der Waals surface area contributed by atoms with Gasteiger partial charge >= 0.3 is 5.97 Å². The third-order valence-corrected chi connectivity index (χ3v) is 5.37. The number of benzene rings is 1. The number of carbonyl (C=O) groups is 3. The number of ether oxygens (including phenoxy) is 2. The number of aromatic hydroxyl groups is 1. The van der Waals surface area contributed by atoms with Crippen LogP contribution in [0.2, 0.25) is 0 Å². The molecular formula is C18H22N2O6. The van der Waals surface area contributed by atoms with Crippen molar-refractivity contribution in [3.8, 4) is 11.5 Å².